The molecule has 1 aromatic rings. The summed E-state index contributed by atoms with van der Waals surface area (Å²) < 4.78 is 29.2. The second-order valence-electron chi connectivity index (χ2n) is 4.30. The van der Waals surface area contributed by atoms with Crippen molar-refractivity contribution < 1.29 is 17.9 Å². The maximum Gasteiger partial charge on any atom is 0.319 e. The Morgan fingerprint density at radius 3 is 2.68 bits per heavy atom. The van der Waals surface area contributed by atoms with E-state index in [1.165, 1.54) is 6.07 Å². The van der Waals surface area contributed by atoms with Crippen molar-refractivity contribution >= 4 is 21.7 Å². The smallest absolute Gasteiger partial charge is 0.319 e. The summed E-state index contributed by atoms with van der Waals surface area (Å²) in [6.07, 6.45) is 1.04. The molecule has 3 N–H and O–H groups in total. The van der Waals surface area contributed by atoms with Gasteiger partial charge in [-0.15, -0.1) is 0 Å². The fraction of sp³-hybridized carbons (Fsp3) is 0.385. The molecule has 0 saturated carbocycles. The molecule has 0 heterocycles. The van der Waals surface area contributed by atoms with Crippen LogP contribution in [0.2, 0.25) is 0 Å². The molecule has 22 heavy (non-hydrogen) atoms. The molecule has 0 atom stereocenters. The van der Waals surface area contributed by atoms with Gasteiger partial charge < -0.3 is 15.4 Å². The van der Waals surface area contributed by atoms with E-state index in [1.807, 2.05) is 13.0 Å². The van der Waals surface area contributed by atoms with Crippen LogP contribution in [0.4, 0.5) is 10.5 Å². The number of urea groups is 1. The van der Waals surface area contributed by atoms with Crippen LogP contribution in [0.1, 0.15) is 12.5 Å². The van der Waals surface area contributed by atoms with Crippen LogP contribution in [-0.2, 0) is 10.0 Å². The van der Waals surface area contributed by atoms with Crippen molar-refractivity contribution in [3.05, 3.63) is 23.8 Å². The lowest BCUT2D eigenvalue weighted by Crippen LogP contribution is -2.36. The Hall–Kier alpha value is -2.31. The molecule has 1 rings (SSSR count). The van der Waals surface area contributed by atoms with Gasteiger partial charge in [-0.3, -0.25) is 0 Å². The minimum Gasteiger partial charge on any atom is -0.492 e. The minimum atomic E-state index is -3.27. The average Bonchev–Trinajstić information content (AvgIpc) is 2.44. The van der Waals surface area contributed by atoms with Gasteiger partial charge in [0.05, 0.1) is 18.4 Å². The number of sulfonamides is 1. The predicted molar refractivity (Wildman–Crippen MR) is 82.2 cm³/mol. The quantitative estimate of drug-likeness (QED) is 0.635. The second kappa shape index (κ2) is 8.21. The highest BCUT2D eigenvalue weighted by Gasteiger charge is 2.07. The summed E-state index contributed by atoms with van der Waals surface area (Å²) in [5.41, 5.74) is 0.756. The van der Waals surface area contributed by atoms with E-state index in [4.69, 9.17) is 10.00 Å². The number of carbonyl (C=O) groups excluding carboxylic acids is 1. The molecule has 2 amide bonds. The molecule has 120 valence electrons. The van der Waals surface area contributed by atoms with Crippen molar-refractivity contribution in [2.24, 2.45) is 0 Å². The Kier molecular flexibility index (Phi) is 6.62. The van der Waals surface area contributed by atoms with Gasteiger partial charge in [0.1, 0.15) is 11.8 Å². The Morgan fingerprint density at radius 1 is 1.36 bits per heavy atom. The van der Waals surface area contributed by atoms with Crippen molar-refractivity contribution in [2.45, 2.75) is 6.92 Å². The zero-order valence-electron chi connectivity index (χ0n) is 12.3. The van der Waals surface area contributed by atoms with Gasteiger partial charge in [0.2, 0.25) is 10.0 Å². The normalized spacial score (nSPS) is 10.6. The van der Waals surface area contributed by atoms with E-state index in [9.17, 15) is 13.2 Å². The van der Waals surface area contributed by atoms with Crippen molar-refractivity contribution in [1.82, 2.24) is 10.0 Å². The lowest BCUT2D eigenvalue weighted by molar-refractivity contribution is 0.252. The van der Waals surface area contributed by atoms with Crippen LogP contribution < -0.4 is 20.1 Å². The van der Waals surface area contributed by atoms with Crippen molar-refractivity contribution in [1.29, 1.82) is 5.26 Å². The van der Waals surface area contributed by atoms with Gasteiger partial charge in [-0.1, -0.05) is 0 Å². The fourth-order valence-corrected chi connectivity index (χ4v) is 2.04. The number of hydrogen-bond acceptors (Lipinski definition) is 5. The molecule has 0 aliphatic carbocycles. The Bertz CT molecular complexity index is 667. The van der Waals surface area contributed by atoms with E-state index in [0.717, 1.165) is 6.26 Å². The van der Waals surface area contributed by atoms with Gasteiger partial charge in [-0.25, -0.2) is 17.9 Å². The maximum absolute atomic E-state index is 11.6. The lowest BCUT2D eigenvalue weighted by atomic mass is 10.2. The number of anilines is 1. The summed E-state index contributed by atoms with van der Waals surface area (Å²) in [7, 11) is -3.27. The number of carbonyl (C=O) groups is 1. The number of hydrogen-bond donors (Lipinski definition) is 3. The number of ether oxygens (including phenoxy) is 1. The van der Waals surface area contributed by atoms with Crippen LogP contribution in [0.5, 0.6) is 5.75 Å². The Labute approximate surface area is 129 Å². The second-order valence-corrected chi connectivity index (χ2v) is 6.14. The third-order valence-corrected chi connectivity index (χ3v) is 3.16. The summed E-state index contributed by atoms with van der Waals surface area (Å²) in [6.45, 7) is 2.49. The summed E-state index contributed by atoms with van der Waals surface area (Å²) in [5.74, 6) is 0.452. The molecule has 0 radical (unpaired) electrons. The molecule has 1 aromatic carbocycles. The van der Waals surface area contributed by atoms with E-state index in [2.05, 4.69) is 15.4 Å². The first-order valence-electron chi connectivity index (χ1n) is 6.52. The van der Waals surface area contributed by atoms with Gasteiger partial charge in [-0.05, 0) is 25.1 Å². The van der Waals surface area contributed by atoms with Crippen molar-refractivity contribution in [2.75, 3.05) is 31.3 Å². The van der Waals surface area contributed by atoms with E-state index < -0.39 is 16.1 Å². The molecular formula is C13H18N4O4S. The van der Waals surface area contributed by atoms with E-state index in [1.54, 1.807) is 12.1 Å². The monoisotopic (exact) mass is 326 g/mol. The average molecular weight is 326 g/mol. The van der Waals surface area contributed by atoms with Crippen molar-refractivity contribution in [3.63, 3.8) is 0 Å². The van der Waals surface area contributed by atoms with Crippen LogP contribution in [0.15, 0.2) is 18.2 Å². The lowest BCUT2D eigenvalue weighted by Gasteiger charge is -2.10. The Morgan fingerprint density at radius 2 is 2.09 bits per heavy atom. The molecule has 0 spiro atoms. The molecule has 0 unspecified atom stereocenters. The summed E-state index contributed by atoms with van der Waals surface area (Å²) in [5, 5.41) is 14.1. The third kappa shape index (κ3) is 6.43. The summed E-state index contributed by atoms with van der Waals surface area (Å²) in [6, 6.07) is 6.20. The molecule has 0 fully saturated rings. The highest BCUT2D eigenvalue weighted by Crippen LogP contribution is 2.22. The zero-order chi connectivity index (χ0) is 16.6. The number of nitriles is 1. The molecule has 9 heteroatoms. The molecule has 0 aliphatic rings. The van der Waals surface area contributed by atoms with Gasteiger partial charge >= 0.3 is 6.03 Å². The van der Waals surface area contributed by atoms with Crippen molar-refractivity contribution in [3.8, 4) is 11.8 Å². The first-order chi connectivity index (χ1) is 10.4. The number of rotatable bonds is 7. The van der Waals surface area contributed by atoms with Crippen LogP contribution in [0.25, 0.3) is 0 Å². The largest absolute Gasteiger partial charge is 0.492 e. The SMILES string of the molecule is CCOc1ccc(NC(=O)NCCNS(C)(=O)=O)cc1C#N. The summed E-state index contributed by atoms with van der Waals surface area (Å²) >= 11 is 0. The number of nitrogens with one attached hydrogen (secondary N) is 3. The van der Waals surface area contributed by atoms with E-state index >= 15 is 0 Å². The number of nitrogens with zero attached hydrogens (tertiary/aromatic N) is 1. The number of benzene rings is 1. The molecule has 0 aliphatic heterocycles. The molecule has 0 aromatic heterocycles. The molecular weight excluding hydrogens is 308 g/mol. The third-order valence-electron chi connectivity index (χ3n) is 2.43. The molecule has 0 saturated heterocycles. The standard InChI is InChI=1S/C13H18N4O4S/c1-3-21-12-5-4-11(8-10(12)9-14)17-13(18)15-6-7-16-22(2,19)20/h4-5,8,16H,3,6-7H2,1-2H3,(H2,15,17,18). The molecule has 8 nitrogen and oxygen atoms in total. The Balaban J connectivity index is 2.53. The van der Waals surface area contributed by atoms with Crippen LogP contribution in [0.3, 0.4) is 0 Å². The first-order valence-corrected chi connectivity index (χ1v) is 8.41. The number of amides is 2. The highest BCUT2D eigenvalue weighted by atomic mass is 32.2. The fourth-order valence-electron chi connectivity index (χ4n) is 1.56. The minimum absolute atomic E-state index is 0.0962. The van der Waals surface area contributed by atoms with E-state index in [-0.39, 0.29) is 13.1 Å². The summed E-state index contributed by atoms with van der Waals surface area (Å²) in [4.78, 5) is 11.6. The van der Waals surface area contributed by atoms with Crippen LogP contribution >= 0.6 is 0 Å². The van der Waals surface area contributed by atoms with Gasteiger partial charge in [0.25, 0.3) is 0 Å². The topological polar surface area (TPSA) is 120 Å². The zero-order valence-corrected chi connectivity index (χ0v) is 13.2. The van der Waals surface area contributed by atoms with Crippen LogP contribution in [-0.4, -0.2) is 40.4 Å². The van der Waals surface area contributed by atoms with Gasteiger partial charge in [0.15, 0.2) is 0 Å². The molecule has 0 bridgehead atoms. The van der Waals surface area contributed by atoms with Gasteiger partial charge in [-0.2, -0.15) is 5.26 Å². The first kappa shape index (κ1) is 17.7. The highest BCUT2D eigenvalue weighted by molar-refractivity contribution is 7.88. The van der Waals surface area contributed by atoms with E-state index in [0.29, 0.717) is 23.6 Å². The maximum atomic E-state index is 11.6. The van der Waals surface area contributed by atoms with Gasteiger partial charge in [0, 0.05) is 18.8 Å². The predicted octanol–water partition coefficient (Wildman–Crippen LogP) is 0.628. The van der Waals surface area contributed by atoms with Crippen LogP contribution in [0, 0.1) is 11.3 Å².